The SMILES string of the molecule is O=C(O)CN(C(=O)C1C[C@@H]2C[C@H](NC(=O)OCC3c4ccccc4-c4ccccc43)[C@@H]2C1)C1CC1. The average Bonchev–Trinajstić information content (AvgIpc) is 3.56. The monoisotopic (exact) mass is 474 g/mol. The van der Waals surface area contributed by atoms with Crippen molar-refractivity contribution < 1.29 is 24.2 Å². The van der Waals surface area contributed by atoms with Crippen LogP contribution in [0.1, 0.15) is 49.1 Å². The Labute approximate surface area is 204 Å². The lowest BCUT2D eigenvalue weighted by Gasteiger charge is -2.40. The first kappa shape index (κ1) is 22.1. The van der Waals surface area contributed by atoms with Gasteiger partial charge in [0.05, 0.1) is 0 Å². The molecule has 0 bridgehead atoms. The lowest BCUT2D eigenvalue weighted by molar-refractivity contribution is -0.146. The van der Waals surface area contributed by atoms with E-state index in [0.717, 1.165) is 25.7 Å². The van der Waals surface area contributed by atoms with Crippen molar-refractivity contribution >= 4 is 18.0 Å². The van der Waals surface area contributed by atoms with Crippen molar-refractivity contribution in [2.45, 2.75) is 50.1 Å². The smallest absolute Gasteiger partial charge is 0.407 e. The van der Waals surface area contributed by atoms with Gasteiger partial charge in [-0.05, 0) is 66.2 Å². The van der Waals surface area contributed by atoms with Gasteiger partial charge in [0.25, 0.3) is 0 Å². The molecular formula is C28H30N2O5. The second-order valence-corrected chi connectivity index (χ2v) is 10.5. The summed E-state index contributed by atoms with van der Waals surface area (Å²) in [7, 11) is 0. The number of amides is 2. The molecule has 2 N–H and O–H groups in total. The van der Waals surface area contributed by atoms with E-state index in [1.165, 1.54) is 22.3 Å². The fourth-order valence-corrected chi connectivity index (χ4v) is 6.54. The van der Waals surface area contributed by atoms with Gasteiger partial charge in [-0.25, -0.2) is 4.79 Å². The van der Waals surface area contributed by atoms with E-state index in [4.69, 9.17) is 4.74 Å². The van der Waals surface area contributed by atoms with Crippen molar-refractivity contribution in [3.05, 3.63) is 59.7 Å². The van der Waals surface area contributed by atoms with Gasteiger partial charge in [-0.2, -0.15) is 0 Å². The summed E-state index contributed by atoms with van der Waals surface area (Å²) in [6.45, 7) is 0.0735. The Kier molecular flexibility index (Phi) is 5.50. The van der Waals surface area contributed by atoms with E-state index in [0.29, 0.717) is 12.3 Å². The predicted molar refractivity (Wildman–Crippen MR) is 129 cm³/mol. The first-order chi connectivity index (χ1) is 17.0. The zero-order chi connectivity index (χ0) is 24.1. The summed E-state index contributed by atoms with van der Waals surface area (Å²) in [6.07, 6.45) is 3.72. The second kappa shape index (κ2) is 8.70. The third-order valence-electron chi connectivity index (χ3n) is 8.40. The van der Waals surface area contributed by atoms with Crippen molar-refractivity contribution in [2.24, 2.45) is 17.8 Å². The maximum atomic E-state index is 13.0. The summed E-state index contributed by atoms with van der Waals surface area (Å²) in [4.78, 5) is 38.5. The van der Waals surface area contributed by atoms with E-state index < -0.39 is 12.1 Å². The molecule has 2 aromatic rings. The third kappa shape index (κ3) is 4.07. The summed E-state index contributed by atoms with van der Waals surface area (Å²) >= 11 is 0. The Hall–Kier alpha value is -3.35. The van der Waals surface area contributed by atoms with Crippen LogP contribution in [0.25, 0.3) is 11.1 Å². The van der Waals surface area contributed by atoms with Gasteiger partial charge in [-0.15, -0.1) is 0 Å². The zero-order valence-electron chi connectivity index (χ0n) is 19.6. The topological polar surface area (TPSA) is 95.9 Å². The highest BCUT2D eigenvalue weighted by Gasteiger charge is 2.51. The summed E-state index contributed by atoms with van der Waals surface area (Å²) in [5.41, 5.74) is 4.76. The number of benzene rings is 2. The molecule has 6 rings (SSSR count). The Morgan fingerprint density at radius 2 is 1.60 bits per heavy atom. The Morgan fingerprint density at radius 3 is 2.23 bits per heavy atom. The van der Waals surface area contributed by atoms with Crippen molar-refractivity contribution in [1.29, 1.82) is 0 Å². The second-order valence-electron chi connectivity index (χ2n) is 10.5. The van der Waals surface area contributed by atoms with E-state index in [1.807, 2.05) is 24.3 Å². The van der Waals surface area contributed by atoms with Crippen LogP contribution >= 0.6 is 0 Å². The number of nitrogens with zero attached hydrogens (tertiary/aromatic N) is 1. The van der Waals surface area contributed by atoms with Crippen LogP contribution in [0.3, 0.4) is 0 Å². The predicted octanol–water partition coefficient (Wildman–Crippen LogP) is 4.02. The van der Waals surface area contributed by atoms with Gasteiger partial charge in [0.1, 0.15) is 13.2 Å². The molecule has 3 saturated carbocycles. The molecule has 4 aliphatic carbocycles. The van der Waals surface area contributed by atoms with Gasteiger partial charge < -0.3 is 20.1 Å². The fourth-order valence-electron chi connectivity index (χ4n) is 6.54. The Bertz CT molecular complexity index is 1130. The molecule has 0 saturated heterocycles. The van der Waals surface area contributed by atoms with Crippen LogP contribution in [0.5, 0.6) is 0 Å². The molecule has 0 aromatic heterocycles. The molecule has 182 valence electrons. The summed E-state index contributed by atoms with van der Waals surface area (Å²) in [5.74, 6) is -0.424. The van der Waals surface area contributed by atoms with Gasteiger partial charge in [0.15, 0.2) is 0 Å². The van der Waals surface area contributed by atoms with Gasteiger partial charge in [0, 0.05) is 23.9 Å². The van der Waals surface area contributed by atoms with Crippen LogP contribution in [0, 0.1) is 17.8 Å². The Morgan fingerprint density at radius 1 is 0.943 bits per heavy atom. The van der Waals surface area contributed by atoms with E-state index in [9.17, 15) is 19.5 Å². The zero-order valence-corrected chi connectivity index (χ0v) is 19.6. The highest BCUT2D eigenvalue weighted by atomic mass is 16.5. The lowest BCUT2D eigenvalue weighted by Crippen LogP contribution is -2.50. The number of rotatable bonds is 7. The minimum Gasteiger partial charge on any atom is -0.480 e. The summed E-state index contributed by atoms with van der Waals surface area (Å²) < 4.78 is 5.70. The highest BCUT2D eigenvalue weighted by Crippen LogP contribution is 2.51. The van der Waals surface area contributed by atoms with Gasteiger partial charge >= 0.3 is 12.1 Å². The van der Waals surface area contributed by atoms with E-state index in [2.05, 4.69) is 29.6 Å². The molecule has 0 radical (unpaired) electrons. The molecule has 3 fully saturated rings. The molecule has 2 aromatic carbocycles. The molecule has 4 atom stereocenters. The lowest BCUT2D eigenvalue weighted by atomic mass is 9.71. The van der Waals surface area contributed by atoms with E-state index in [-0.39, 0.29) is 48.9 Å². The molecule has 4 aliphatic rings. The molecule has 35 heavy (non-hydrogen) atoms. The van der Waals surface area contributed by atoms with Crippen molar-refractivity contribution in [3.8, 4) is 11.1 Å². The Balaban J connectivity index is 1.04. The number of carbonyl (C=O) groups is 3. The van der Waals surface area contributed by atoms with Crippen LogP contribution in [-0.4, -0.2) is 53.2 Å². The van der Waals surface area contributed by atoms with Gasteiger partial charge in [-0.3, -0.25) is 9.59 Å². The largest absolute Gasteiger partial charge is 0.480 e. The van der Waals surface area contributed by atoms with E-state index >= 15 is 0 Å². The van der Waals surface area contributed by atoms with Crippen LogP contribution in [-0.2, 0) is 14.3 Å². The van der Waals surface area contributed by atoms with Crippen LogP contribution < -0.4 is 5.32 Å². The van der Waals surface area contributed by atoms with Crippen LogP contribution in [0.4, 0.5) is 4.79 Å². The average molecular weight is 475 g/mol. The quantitative estimate of drug-likeness (QED) is 0.632. The molecule has 0 aliphatic heterocycles. The molecular weight excluding hydrogens is 444 g/mol. The maximum absolute atomic E-state index is 13.0. The normalized spacial score (nSPS) is 26.2. The van der Waals surface area contributed by atoms with Gasteiger partial charge in [-0.1, -0.05) is 48.5 Å². The van der Waals surface area contributed by atoms with Crippen LogP contribution in [0.2, 0.25) is 0 Å². The molecule has 0 heterocycles. The molecule has 2 amide bonds. The van der Waals surface area contributed by atoms with Gasteiger partial charge in [0.2, 0.25) is 5.91 Å². The standard InChI is InChI=1S/C28H30N2O5/c31-26(32)14-30(18-9-10-18)27(33)17-11-16-13-25(23(16)12-17)29-28(34)35-15-24-21-7-3-1-5-19(21)20-6-2-4-8-22(20)24/h1-8,16-18,23-25H,9-15H2,(H,29,34)(H,31,32)/t16-,17?,23-,25+/m1/s1. The molecule has 0 spiro atoms. The first-order valence-electron chi connectivity index (χ1n) is 12.6. The first-order valence-corrected chi connectivity index (χ1v) is 12.6. The number of hydrogen-bond donors (Lipinski definition) is 2. The number of fused-ring (bicyclic) bond motifs is 4. The van der Waals surface area contributed by atoms with Crippen molar-refractivity contribution in [2.75, 3.05) is 13.2 Å². The number of nitrogens with one attached hydrogen (secondary N) is 1. The highest BCUT2D eigenvalue weighted by molar-refractivity contribution is 5.84. The molecule has 7 heteroatoms. The number of hydrogen-bond acceptors (Lipinski definition) is 4. The van der Waals surface area contributed by atoms with Crippen molar-refractivity contribution in [3.63, 3.8) is 0 Å². The number of alkyl carbamates (subject to hydrolysis) is 1. The molecule has 7 nitrogen and oxygen atoms in total. The third-order valence-corrected chi connectivity index (χ3v) is 8.40. The summed E-state index contributed by atoms with van der Waals surface area (Å²) in [6, 6.07) is 16.6. The number of ether oxygens (including phenoxy) is 1. The van der Waals surface area contributed by atoms with Crippen molar-refractivity contribution in [1.82, 2.24) is 10.2 Å². The molecule has 1 unspecified atom stereocenters. The number of carboxylic acids is 1. The minimum absolute atomic E-state index is 0.0160. The summed E-state index contributed by atoms with van der Waals surface area (Å²) in [5, 5.41) is 12.2. The van der Waals surface area contributed by atoms with Crippen LogP contribution in [0.15, 0.2) is 48.5 Å². The minimum atomic E-state index is -0.957. The number of carbonyl (C=O) groups excluding carboxylic acids is 2. The fraction of sp³-hybridized carbons (Fsp3) is 0.464. The number of carboxylic acid groups (broad SMARTS) is 1. The number of aliphatic carboxylic acids is 1. The van der Waals surface area contributed by atoms with E-state index in [1.54, 1.807) is 4.90 Å². The maximum Gasteiger partial charge on any atom is 0.407 e.